The molecule has 0 fully saturated rings. The average Bonchev–Trinajstić information content (AvgIpc) is 2.43. The third-order valence-electron chi connectivity index (χ3n) is 2.23. The second kappa shape index (κ2) is 8.78. The van der Waals surface area contributed by atoms with Crippen LogP contribution in [0.15, 0.2) is 64.6 Å². The van der Waals surface area contributed by atoms with E-state index >= 15 is 0 Å². The largest absolute Gasteiger partial charge is 0.411 e. The van der Waals surface area contributed by atoms with Crippen molar-refractivity contribution in [3.8, 4) is 6.07 Å². The van der Waals surface area contributed by atoms with E-state index in [-0.39, 0.29) is 0 Å². The zero-order chi connectivity index (χ0) is 13.9. The maximum atomic E-state index is 8.38. The molecule has 0 atom stereocenters. The van der Waals surface area contributed by atoms with E-state index in [9.17, 15) is 0 Å². The fourth-order valence-corrected chi connectivity index (χ4v) is 1.48. The minimum atomic E-state index is 0.413. The maximum absolute atomic E-state index is 8.38. The highest BCUT2D eigenvalue weighted by Gasteiger charge is 1.90. The highest BCUT2D eigenvalue weighted by atomic mass is 32.1. The van der Waals surface area contributed by atoms with Crippen molar-refractivity contribution < 1.29 is 5.21 Å². The summed E-state index contributed by atoms with van der Waals surface area (Å²) in [6.07, 6.45) is 1.76. The molecule has 3 nitrogen and oxygen atoms in total. The van der Waals surface area contributed by atoms with Gasteiger partial charge in [-0.2, -0.15) is 5.26 Å². The first kappa shape index (κ1) is 14.8. The summed E-state index contributed by atoms with van der Waals surface area (Å²) in [6.45, 7) is 0. The lowest BCUT2D eigenvalue weighted by atomic mass is 10.1. The number of nitrogens with zero attached hydrogens (tertiary/aromatic N) is 2. The molecule has 1 N–H and O–H groups in total. The van der Waals surface area contributed by atoms with Gasteiger partial charge in [0.2, 0.25) is 0 Å². The molecule has 0 radical (unpaired) electrons. The molecular weight excluding hydrogens is 256 g/mol. The summed E-state index contributed by atoms with van der Waals surface area (Å²) < 4.78 is 0. The summed E-state index contributed by atoms with van der Waals surface area (Å²) in [5.41, 5.74) is 1.78. The van der Waals surface area contributed by atoms with Gasteiger partial charge in [0.1, 0.15) is 0 Å². The van der Waals surface area contributed by atoms with Crippen LogP contribution in [0.4, 0.5) is 0 Å². The normalized spacial score (nSPS) is 9.47. The van der Waals surface area contributed by atoms with Crippen molar-refractivity contribution in [2.24, 2.45) is 5.16 Å². The maximum Gasteiger partial charge on any atom is 0.0733 e. The van der Waals surface area contributed by atoms with Gasteiger partial charge in [-0.25, -0.2) is 0 Å². The first-order valence-corrected chi connectivity index (χ1v) is 6.08. The van der Waals surface area contributed by atoms with E-state index in [0.29, 0.717) is 6.42 Å². The first-order valence-electron chi connectivity index (χ1n) is 5.63. The minimum absolute atomic E-state index is 0.413. The fourth-order valence-electron chi connectivity index (χ4n) is 1.31. The molecule has 0 spiro atoms. The Bertz CT molecular complexity index is 545. The van der Waals surface area contributed by atoms with Crippen LogP contribution in [-0.2, 0) is 6.42 Å². The summed E-state index contributed by atoms with van der Waals surface area (Å²) in [7, 11) is 0. The monoisotopic (exact) mass is 270 g/mol. The van der Waals surface area contributed by atoms with Crippen molar-refractivity contribution in [3.05, 3.63) is 65.7 Å². The zero-order valence-corrected chi connectivity index (χ0v) is 11.2. The lowest BCUT2D eigenvalue weighted by Gasteiger charge is -1.93. The molecule has 0 aliphatic carbocycles. The van der Waals surface area contributed by atoms with Gasteiger partial charge >= 0.3 is 0 Å². The SMILES string of the molecule is N#CCc1ccc(C=NO)cc1.Sc1ccccc1. The second-order valence-corrected chi connectivity index (χ2v) is 4.17. The predicted octanol–water partition coefficient (Wildman–Crippen LogP) is 3.54. The van der Waals surface area contributed by atoms with E-state index in [2.05, 4.69) is 23.9 Å². The summed E-state index contributed by atoms with van der Waals surface area (Å²) in [6, 6.07) is 19.1. The number of thiol groups is 1. The highest BCUT2D eigenvalue weighted by molar-refractivity contribution is 7.80. The van der Waals surface area contributed by atoms with Crippen molar-refractivity contribution in [2.75, 3.05) is 0 Å². The topological polar surface area (TPSA) is 56.4 Å². The number of hydrogen-bond donors (Lipinski definition) is 2. The Morgan fingerprint density at radius 1 is 1.11 bits per heavy atom. The molecule has 0 aliphatic rings. The molecule has 19 heavy (non-hydrogen) atoms. The molecule has 2 aromatic carbocycles. The van der Waals surface area contributed by atoms with Crippen LogP contribution in [0.2, 0.25) is 0 Å². The van der Waals surface area contributed by atoms with Crippen molar-refractivity contribution in [1.29, 1.82) is 5.26 Å². The van der Waals surface area contributed by atoms with Crippen molar-refractivity contribution in [2.45, 2.75) is 11.3 Å². The van der Waals surface area contributed by atoms with Crippen LogP contribution >= 0.6 is 12.6 Å². The molecule has 0 saturated heterocycles. The van der Waals surface area contributed by atoms with Gasteiger partial charge in [0.05, 0.1) is 18.7 Å². The molecular formula is C15H14N2OS. The minimum Gasteiger partial charge on any atom is -0.411 e. The van der Waals surface area contributed by atoms with Crippen LogP contribution in [-0.4, -0.2) is 11.4 Å². The van der Waals surface area contributed by atoms with Crippen molar-refractivity contribution in [3.63, 3.8) is 0 Å². The first-order chi connectivity index (χ1) is 9.26. The summed E-state index contributed by atoms with van der Waals surface area (Å²) in [5, 5.41) is 19.5. The summed E-state index contributed by atoms with van der Waals surface area (Å²) in [5.74, 6) is 0. The number of nitriles is 1. The second-order valence-electron chi connectivity index (χ2n) is 3.66. The van der Waals surface area contributed by atoms with Gasteiger partial charge in [-0.1, -0.05) is 47.6 Å². The van der Waals surface area contributed by atoms with Gasteiger partial charge in [-0.05, 0) is 23.3 Å². The molecule has 2 rings (SSSR count). The van der Waals surface area contributed by atoms with Crippen molar-refractivity contribution >= 4 is 18.8 Å². The van der Waals surface area contributed by atoms with E-state index in [0.717, 1.165) is 16.0 Å². The molecule has 0 unspecified atom stereocenters. The summed E-state index contributed by atoms with van der Waals surface area (Å²) in [4.78, 5) is 1.02. The van der Waals surface area contributed by atoms with Crippen molar-refractivity contribution in [1.82, 2.24) is 0 Å². The fraction of sp³-hybridized carbons (Fsp3) is 0.0667. The predicted molar refractivity (Wildman–Crippen MR) is 78.8 cm³/mol. The van der Waals surface area contributed by atoms with Gasteiger partial charge < -0.3 is 5.21 Å². The zero-order valence-electron chi connectivity index (χ0n) is 10.3. The Morgan fingerprint density at radius 3 is 2.16 bits per heavy atom. The lowest BCUT2D eigenvalue weighted by molar-refractivity contribution is 0.322. The van der Waals surface area contributed by atoms with Crippen LogP contribution in [0.5, 0.6) is 0 Å². The third-order valence-corrected chi connectivity index (χ3v) is 2.52. The van der Waals surface area contributed by atoms with Gasteiger partial charge in [-0.3, -0.25) is 0 Å². The standard InChI is InChI=1S/C9H8N2O.C6H6S/c10-6-5-8-1-3-9(4-2-8)7-11-12;7-6-4-2-1-3-5-6/h1-4,7,12H,5H2;1-5,7H. The van der Waals surface area contributed by atoms with E-state index in [4.69, 9.17) is 10.5 Å². The van der Waals surface area contributed by atoms with E-state index in [1.54, 1.807) is 12.1 Å². The number of hydrogen-bond acceptors (Lipinski definition) is 4. The van der Waals surface area contributed by atoms with Crippen LogP contribution < -0.4 is 0 Å². The van der Waals surface area contributed by atoms with E-state index in [1.165, 1.54) is 6.21 Å². The molecule has 96 valence electrons. The smallest absolute Gasteiger partial charge is 0.0733 e. The Hall–Kier alpha value is -2.25. The van der Waals surface area contributed by atoms with Crippen LogP contribution in [0.3, 0.4) is 0 Å². The molecule has 0 aliphatic heterocycles. The Balaban J connectivity index is 0.000000218. The highest BCUT2D eigenvalue weighted by Crippen LogP contribution is 2.02. The molecule has 0 heterocycles. The van der Waals surface area contributed by atoms with Crippen LogP contribution in [0.25, 0.3) is 0 Å². The summed E-state index contributed by atoms with van der Waals surface area (Å²) >= 11 is 4.08. The average molecular weight is 270 g/mol. The van der Waals surface area contributed by atoms with Gasteiger partial charge in [0, 0.05) is 4.90 Å². The number of benzene rings is 2. The Morgan fingerprint density at radius 2 is 1.74 bits per heavy atom. The van der Waals surface area contributed by atoms with E-state index < -0.39 is 0 Å². The molecule has 4 heteroatoms. The Labute approximate surface area is 118 Å². The molecule has 0 amide bonds. The van der Waals surface area contributed by atoms with Crippen LogP contribution in [0.1, 0.15) is 11.1 Å². The van der Waals surface area contributed by atoms with E-state index in [1.807, 2.05) is 42.5 Å². The molecule has 0 bridgehead atoms. The number of oxime groups is 1. The lowest BCUT2D eigenvalue weighted by Crippen LogP contribution is -1.84. The van der Waals surface area contributed by atoms with Crippen LogP contribution in [0, 0.1) is 11.3 Å². The van der Waals surface area contributed by atoms with Gasteiger partial charge in [0.15, 0.2) is 0 Å². The van der Waals surface area contributed by atoms with Gasteiger partial charge in [0.25, 0.3) is 0 Å². The number of rotatable bonds is 2. The van der Waals surface area contributed by atoms with Gasteiger partial charge in [-0.15, -0.1) is 12.6 Å². The third kappa shape index (κ3) is 6.29. The Kier molecular flexibility index (Phi) is 6.85. The quantitative estimate of drug-likeness (QED) is 0.379. The molecule has 0 aromatic heterocycles. The molecule has 0 saturated carbocycles. The molecule has 2 aromatic rings.